The number of rotatable bonds is 15. The van der Waals surface area contributed by atoms with Crippen molar-refractivity contribution in [3.05, 3.63) is 48.5 Å². The van der Waals surface area contributed by atoms with E-state index in [1.807, 2.05) is 50.2 Å². The van der Waals surface area contributed by atoms with Gasteiger partial charge in [-0.2, -0.15) is 10.2 Å². The van der Waals surface area contributed by atoms with Crippen LogP contribution in [0.4, 0.5) is 17.1 Å². The van der Waals surface area contributed by atoms with Gasteiger partial charge in [0, 0.05) is 32.9 Å². The van der Waals surface area contributed by atoms with Gasteiger partial charge in [0.15, 0.2) is 0 Å². The van der Waals surface area contributed by atoms with Gasteiger partial charge in [0.05, 0.1) is 49.3 Å². The minimum atomic E-state index is -3.62. The van der Waals surface area contributed by atoms with E-state index in [1.54, 1.807) is 12.1 Å². The lowest BCUT2D eigenvalue weighted by Crippen LogP contribution is -2.27. The highest BCUT2D eigenvalue weighted by Crippen LogP contribution is 2.22. The number of nitrogens with one attached hydrogen (secondary N) is 1. The Labute approximate surface area is 190 Å². The van der Waals surface area contributed by atoms with E-state index in [9.17, 15) is 8.42 Å². The number of benzene rings is 2. The van der Waals surface area contributed by atoms with Crippen LogP contribution in [0.1, 0.15) is 6.92 Å². The fourth-order valence-electron chi connectivity index (χ4n) is 2.54. The van der Waals surface area contributed by atoms with Crippen molar-refractivity contribution < 1.29 is 22.6 Å². The fourth-order valence-corrected chi connectivity index (χ4v) is 3.55. The number of hydrogen-bond donors (Lipinski definition) is 1. The normalized spacial score (nSPS) is 11.8. The lowest BCUT2D eigenvalue weighted by atomic mass is 10.3. The van der Waals surface area contributed by atoms with Crippen molar-refractivity contribution in [1.29, 1.82) is 0 Å². The summed E-state index contributed by atoms with van der Waals surface area (Å²) < 4.78 is 43.1. The molecule has 0 unspecified atom stereocenters. The third-order valence-electron chi connectivity index (χ3n) is 4.28. The van der Waals surface area contributed by atoms with Crippen LogP contribution in [0, 0.1) is 0 Å². The zero-order valence-corrected chi connectivity index (χ0v) is 19.7. The first-order chi connectivity index (χ1) is 15.4. The SMILES string of the molecule is CCOCCOCCOCCNS(=O)(=O)c1ccc(/N=N/c2ccc(N(C)C)cc2)cc1. The van der Waals surface area contributed by atoms with Gasteiger partial charge in [0.2, 0.25) is 10.0 Å². The molecule has 0 amide bonds. The summed E-state index contributed by atoms with van der Waals surface area (Å²) in [4.78, 5) is 2.16. The Hall–Kier alpha value is -2.37. The topological polar surface area (TPSA) is 102 Å². The van der Waals surface area contributed by atoms with E-state index in [4.69, 9.17) is 14.2 Å². The first-order valence-electron chi connectivity index (χ1n) is 10.4. The van der Waals surface area contributed by atoms with Crippen molar-refractivity contribution in [1.82, 2.24) is 4.72 Å². The smallest absolute Gasteiger partial charge is 0.240 e. The molecule has 0 radical (unpaired) electrons. The minimum absolute atomic E-state index is 0.158. The molecule has 2 aromatic carbocycles. The van der Waals surface area contributed by atoms with Crippen LogP contribution in [0.5, 0.6) is 0 Å². The monoisotopic (exact) mass is 464 g/mol. The summed E-state index contributed by atoms with van der Waals surface area (Å²) in [6.45, 7) is 4.93. The van der Waals surface area contributed by atoms with Gasteiger partial charge in [0.1, 0.15) is 0 Å². The number of nitrogens with zero attached hydrogens (tertiary/aromatic N) is 3. The molecule has 0 aliphatic rings. The molecule has 9 nitrogen and oxygen atoms in total. The number of ether oxygens (including phenoxy) is 3. The fraction of sp³-hybridized carbons (Fsp3) is 0.455. The molecule has 0 spiro atoms. The largest absolute Gasteiger partial charge is 0.379 e. The van der Waals surface area contributed by atoms with Gasteiger partial charge in [-0.3, -0.25) is 0 Å². The zero-order chi connectivity index (χ0) is 23.2. The molecule has 0 aliphatic carbocycles. The van der Waals surface area contributed by atoms with E-state index in [2.05, 4.69) is 15.0 Å². The highest BCUT2D eigenvalue weighted by Gasteiger charge is 2.13. The molecule has 2 aromatic rings. The number of azo groups is 1. The molecule has 0 aliphatic heterocycles. The van der Waals surface area contributed by atoms with Crippen molar-refractivity contribution in [3.63, 3.8) is 0 Å². The predicted molar refractivity (Wildman–Crippen MR) is 125 cm³/mol. The first-order valence-corrected chi connectivity index (χ1v) is 11.9. The van der Waals surface area contributed by atoms with Gasteiger partial charge in [-0.05, 0) is 55.5 Å². The number of sulfonamides is 1. The Kier molecular flexibility index (Phi) is 11.3. The summed E-state index contributed by atoms with van der Waals surface area (Å²) in [5, 5.41) is 8.34. The van der Waals surface area contributed by atoms with Crippen LogP contribution in [0.3, 0.4) is 0 Å². The highest BCUT2D eigenvalue weighted by atomic mass is 32.2. The van der Waals surface area contributed by atoms with Crippen LogP contribution in [-0.4, -0.2) is 68.7 Å². The first kappa shape index (κ1) is 25.9. The molecule has 0 fully saturated rings. The van der Waals surface area contributed by atoms with Gasteiger partial charge in [0.25, 0.3) is 0 Å². The zero-order valence-electron chi connectivity index (χ0n) is 18.9. The minimum Gasteiger partial charge on any atom is -0.379 e. The molecule has 176 valence electrons. The quantitative estimate of drug-likeness (QED) is 0.320. The van der Waals surface area contributed by atoms with Gasteiger partial charge < -0.3 is 19.1 Å². The molecular formula is C22H32N4O5S. The molecule has 0 bridgehead atoms. The van der Waals surface area contributed by atoms with Crippen LogP contribution in [0.15, 0.2) is 63.7 Å². The van der Waals surface area contributed by atoms with E-state index in [0.29, 0.717) is 44.4 Å². The molecule has 32 heavy (non-hydrogen) atoms. The van der Waals surface area contributed by atoms with E-state index in [0.717, 1.165) is 5.69 Å². The summed E-state index contributed by atoms with van der Waals surface area (Å²) in [5.74, 6) is 0. The maximum absolute atomic E-state index is 12.4. The van der Waals surface area contributed by atoms with Crippen molar-refractivity contribution in [2.24, 2.45) is 10.2 Å². The van der Waals surface area contributed by atoms with Crippen LogP contribution in [0.2, 0.25) is 0 Å². The van der Waals surface area contributed by atoms with Gasteiger partial charge in [-0.1, -0.05) is 0 Å². The third kappa shape index (κ3) is 9.41. The second-order valence-electron chi connectivity index (χ2n) is 6.92. The summed E-state index contributed by atoms with van der Waals surface area (Å²) in [6.07, 6.45) is 0. The maximum Gasteiger partial charge on any atom is 0.240 e. The second kappa shape index (κ2) is 13.9. The van der Waals surface area contributed by atoms with E-state index < -0.39 is 10.0 Å². The van der Waals surface area contributed by atoms with Crippen molar-refractivity contribution in [3.8, 4) is 0 Å². The van der Waals surface area contributed by atoms with Crippen LogP contribution in [0.25, 0.3) is 0 Å². The third-order valence-corrected chi connectivity index (χ3v) is 5.76. The van der Waals surface area contributed by atoms with Crippen LogP contribution in [-0.2, 0) is 24.2 Å². The molecule has 2 rings (SSSR count). The van der Waals surface area contributed by atoms with Gasteiger partial charge in [-0.15, -0.1) is 0 Å². The molecular weight excluding hydrogens is 432 g/mol. The summed E-state index contributed by atoms with van der Waals surface area (Å²) in [5.41, 5.74) is 2.35. The standard InChI is InChI=1S/C22H32N4O5S/c1-4-29-15-16-31-18-17-30-14-13-23-32(27,28)22-11-7-20(8-12-22)25-24-19-5-9-21(10-6-19)26(2)3/h5-12,23H,4,13-18H2,1-3H3/b25-24+. The lowest BCUT2D eigenvalue weighted by Gasteiger charge is -2.11. The summed E-state index contributed by atoms with van der Waals surface area (Å²) >= 11 is 0. The molecule has 10 heteroatoms. The van der Waals surface area contributed by atoms with Gasteiger partial charge >= 0.3 is 0 Å². The molecule has 0 heterocycles. The highest BCUT2D eigenvalue weighted by molar-refractivity contribution is 7.89. The van der Waals surface area contributed by atoms with E-state index in [-0.39, 0.29) is 18.0 Å². The number of anilines is 1. The average Bonchev–Trinajstić information content (AvgIpc) is 2.79. The Morgan fingerprint density at radius 3 is 1.81 bits per heavy atom. The molecule has 0 saturated heterocycles. The predicted octanol–water partition coefficient (Wildman–Crippen LogP) is 3.52. The molecule has 1 N–H and O–H groups in total. The summed E-state index contributed by atoms with van der Waals surface area (Å²) in [6, 6.07) is 13.9. The Morgan fingerprint density at radius 2 is 1.28 bits per heavy atom. The number of hydrogen-bond acceptors (Lipinski definition) is 8. The molecule has 0 aromatic heterocycles. The van der Waals surface area contributed by atoms with Crippen LogP contribution >= 0.6 is 0 Å². The lowest BCUT2D eigenvalue weighted by molar-refractivity contribution is 0.0181. The van der Waals surface area contributed by atoms with Crippen molar-refractivity contribution in [2.45, 2.75) is 11.8 Å². The van der Waals surface area contributed by atoms with E-state index in [1.165, 1.54) is 12.1 Å². The van der Waals surface area contributed by atoms with Gasteiger partial charge in [-0.25, -0.2) is 13.1 Å². The molecule has 0 atom stereocenters. The Balaban J connectivity index is 1.73. The Bertz CT molecular complexity index is 916. The van der Waals surface area contributed by atoms with E-state index >= 15 is 0 Å². The van der Waals surface area contributed by atoms with Crippen molar-refractivity contribution in [2.75, 3.05) is 65.2 Å². The Morgan fingerprint density at radius 1 is 0.781 bits per heavy atom. The van der Waals surface area contributed by atoms with Crippen LogP contribution < -0.4 is 9.62 Å². The maximum atomic E-state index is 12.4. The van der Waals surface area contributed by atoms with Crippen molar-refractivity contribution >= 4 is 27.1 Å². The second-order valence-corrected chi connectivity index (χ2v) is 8.69. The average molecular weight is 465 g/mol. The molecule has 0 saturated carbocycles. The summed E-state index contributed by atoms with van der Waals surface area (Å²) in [7, 11) is 0.316.